The van der Waals surface area contributed by atoms with E-state index in [-0.39, 0.29) is 12.1 Å². The fourth-order valence-corrected chi connectivity index (χ4v) is 2.02. The van der Waals surface area contributed by atoms with Crippen LogP contribution in [0.15, 0.2) is 30.3 Å². The topological polar surface area (TPSA) is 46.2 Å². The molecule has 3 N–H and O–H groups in total. The second kappa shape index (κ2) is 8.26. The Balaban J connectivity index is 2.24. The summed E-state index contributed by atoms with van der Waals surface area (Å²) >= 11 is 0. The molecule has 0 saturated heterocycles. The first-order valence-corrected chi connectivity index (χ1v) is 6.71. The predicted molar refractivity (Wildman–Crippen MR) is 72.9 cm³/mol. The van der Waals surface area contributed by atoms with Crippen molar-refractivity contribution < 1.29 is 5.11 Å². The molecule has 1 aromatic carbocycles. The van der Waals surface area contributed by atoms with E-state index in [1.807, 2.05) is 18.2 Å². The van der Waals surface area contributed by atoms with Gasteiger partial charge >= 0.3 is 0 Å². The zero-order valence-corrected chi connectivity index (χ0v) is 10.8. The third kappa shape index (κ3) is 5.85. The molecule has 0 spiro atoms. The van der Waals surface area contributed by atoms with Crippen LogP contribution in [0.2, 0.25) is 0 Å². The van der Waals surface area contributed by atoms with Gasteiger partial charge in [-0.2, -0.15) is 0 Å². The van der Waals surface area contributed by atoms with Crippen molar-refractivity contribution in [1.29, 1.82) is 0 Å². The molecular weight excluding hydrogens is 210 g/mol. The second-order valence-electron chi connectivity index (χ2n) is 4.77. The molecule has 0 saturated carbocycles. The average Bonchev–Trinajstić information content (AvgIpc) is 2.35. The van der Waals surface area contributed by atoms with E-state index in [4.69, 9.17) is 5.73 Å². The number of aliphatic hydroxyl groups excluding tert-OH is 1. The van der Waals surface area contributed by atoms with Crippen LogP contribution in [0.3, 0.4) is 0 Å². The quantitative estimate of drug-likeness (QED) is 0.681. The van der Waals surface area contributed by atoms with Gasteiger partial charge in [0.15, 0.2) is 0 Å². The number of unbranched alkanes of at least 4 members (excludes halogenated alkanes) is 3. The van der Waals surface area contributed by atoms with Gasteiger partial charge in [0.25, 0.3) is 0 Å². The molecule has 0 bridgehead atoms. The van der Waals surface area contributed by atoms with Crippen molar-refractivity contribution in [1.82, 2.24) is 0 Å². The minimum Gasteiger partial charge on any atom is -0.392 e. The largest absolute Gasteiger partial charge is 0.392 e. The molecule has 0 fully saturated rings. The number of nitrogens with two attached hydrogens (primary N) is 1. The molecule has 96 valence electrons. The van der Waals surface area contributed by atoms with Crippen LogP contribution in [0, 0.1) is 0 Å². The van der Waals surface area contributed by atoms with E-state index in [1.165, 1.54) is 24.8 Å². The lowest BCUT2D eigenvalue weighted by Gasteiger charge is -2.18. The Labute approximate surface area is 105 Å². The molecule has 1 rings (SSSR count). The van der Waals surface area contributed by atoms with E-state index in [0.717, 1.165) is 19.3 Å². The molecule has 0 aliphatic heterocycles. The molecule has 0 radical (unpaired) electrons. The Morgan fingerprint density at radius 2 is 1.82 bits per heavy atom. The molecule has 1 aromatic rings. The van der Waals surface area contributed by atoms with E-state index in [2.05, 4.69) is 19.1 Å². The van der Waals surface area contributed by atoms with Gasteiger partial charge in [0.1, 0.15) is 0 Å². The van der Waals surface area contributed by atoms with Crippen molar-refractivity contribution in [3.63, 3.8) is 0 Å². The van der Waals surface area contributed by atoms with Gasteiger partial charge in [0.05, 0.1) is 6.10 Å². The summed E-state index contributed by atoms with van der Waals surface area (Å²) in [4.78, 5) is 0. The summed E-state index contributed by atoms with van der Waals surface area (Å²) in [7, 11) is 0. The molecule has 2 nitrogen and oxygen atoms in total. The summed E-state index contributed by atoms with van der Waals surface area (Å²) in [5, 5.41) is 9.95. The first-order valence-electron chi connectivity index (χ1n) is 6.71. The van der Waals surface area contributed by atoms with Crippen LogP contribution >= 0.6 is 0 Å². The van der Waals surface area contributed by atoms with E-state index < -0.39 is 0 Å². The Kier molecular flexibility index (Phi) is 6.90. The van der Waals surface area contributed by atoms with Crippen molar-refractivity contribution in [3.8, 4) is 0 Å². The van der Waals surface area contributed by atoms with Gasteiger partial charge in [-0.3, -0.25) is 0 Å². The van der Waals surface area contributed by atoms with Crippen LogP contribution in [0.1, 0.15) is 44.6 Å². The summed E-state index contributed by atoms with van der Waals surface area (Å²) in [6.45, 7) is 2.19. The van der Waals surface area contributed by atoms with E-state index >= 15 is 0 Å². The molecule has 0 aromatic heterocycles. The van der Waals surface area contributed by atoms with Gasteiger partial charge in [-0.25, -0.2) is 0 Å². The molecule has 17 heavy (non-hydrogen) atoms. The van der Waals surface area contributed by atoms with Crippen molar-refractivity contribution >= 4 is 0 Å². The second-order valence-corrected chi connectivity index (χ2v) is 4.77. The van der Waals surface area contributed by atoms with Crippen LogP contribution in [-0.2, 0) is 6.42 Å². The molecular formula is C15H25NO. The van der Waals surface area contributed by atoms with E-state index in [1.54, 1.807) is 0 Å². The van der Waals surface area contributed by atoms with Crippen LogP contribution in [0.5, 0.6) is 0 Å². The molecule has 2 heteroatoms. The summed E-state index contributed by atoms with van der Waals surface area (Å²) in [6, 6.07) is 9.99. The van der Waals surface area contributed by atoms with Crippen molar-refractivity contribution in [3.05, 3.63) is 35.9 Å². The molecule has 2 unspecified atom stereocenters. The number of hydrogen-bond donors (Lipinski definition) is 2. The highest BCUT2D eigenvalue weighted by Crippen LogP contribution is 2.10. The van der Waals surface area contributed by atoms with Crippen LogP contribution < -0.4 is 5.73 Å². The Morgan fingerprint density at radius 3 is 2.47 bits per heavy atom. The third-order valence-corrected chi connectivity index (χ3v) is 3.16. The maximum Gasteiger partial charge on any atom is 0.0694 e. The SMILES string of the molecule is CCCCCCC(O)C(N)Cc1ccccc1. The normalized spacial score (nSPS) is 14.5. The molecule has 0 heterocycles. The van der Waals surface area contributed by atoms with Crippen molar-refractivity contribution in [2.24, 2.45) is 5.73 Å². The molecule has 0 amide bonds. The Morgan fingerprint density at radius 1 is 1.12 bits per heavy atom. The first-order chi connectivity index (χ1) is 8.24. The fraction of sp³-hybridized carbons (Fsp3) is 0.600. The summed E-state index contributed by atoms with van der Waals surface area (Å²) in [5.74, 6) is 0. The standard InChI is InChI=1S/C15H25NO/c1-2-3-4-8-11-15(17)14(16)12-13-9-6-5-7-10-13/h5-7,9-10,14-15,17H,2-4,8,11-12,16H2,1H3. The van der Waals surface area contributed by atoms with E-state index in [0.29, 0.717) is 0 Å². The zero-order valence-electron chi connectivity index (χ0n) is 10.8. The minimum atomic E-state index is -0.368. The molecule has 0 aliphatic rings. The number of aliphatic hydroxyl groups is 1. The average molecular weight is 235 g/mol. The highest BCUT2D eigenvalue weighted by Gasteiger charge is 2.14. The van der Waals surface area contributed by atoms with E-state index in [9.17, 15) is 5.11 Å². The Hall–Kier alpha value is -0.860. The first kappa shape index (κ1) is 14.2. The number of benzene rings is 1. The van der Waals surface area contributed by atoms with Gasteiger partial charge in [0, 0.05) is 6.04 Å². The predicted octanol–water partition coefficient (Wildman–Crippen LogP) is 2.89. The van der Waals surface area contributed by atoms with Gasteiger partial charge in [-0.1, -0.05) is 62.9 Å². The van der Waals surface area contributed by atoms with Crippen molar-refractivity contribution in [2.45, 2.75) is 57.6 Å². The smallest absolute Gasteiger partial charge is 0.0694 e. The number of hydrogen-bond acceptors (Lipinski definition) is 2. The van der Waals surface area contributed by atoms with Crippen LogP contribution in [-0.4, -0.2) is 17.3 Å². The summed E-state index contributed by atoms with van der Waals surface area (Å²) < 4.78 is 0. The highest BCUT2D eigenvalue weighted by atomic mass is 16.3. The minimum absolute atomic E-state index is 0.140. The summed E-state index contributed by atoms with van der Waals surface area (Å²) in [6.07, 6.45) is 5.98. The maximum atomic E-state index is 9.95. The van der Waals surface area contributed by atoms with Gasteiger partial charge in [0.2, 0.25) is 0 Å². The fourth-order valence-electron chi connectivity index (χ4n) is 2.02. The maximum absolute atomic E-state index is 9.95. The lowest BCUT2D eigenvalue weighted by molar-refractivity contribution is 0.131. The lowest BCUT2D eigenvalue weighted by atomic mass is 9.98. The zero-order chi connectivity index (χ0) is 12.5. The Bertz CT molecular complexity index is 286. The van der Waals surface area contributed by atoms with Gasteiger partial charge in [-0.15, -0.1) is 0 Å². The van der Waals surface area contributed by atoms with Crippen LogP contribution in [0.4, 0.5) is 0 Å². The highest BCUT2D eigenvalue weighted by molar-refractivity contribution is 5.16. The third-order valence-electron chi connectivity index (χ3n) is 3.16. The lowest BCUT2D eigenvalue weighted by Crippen LogP contribution is -2.36. The van der Waals surface area contributed by atoms with Gasteiger partial charge < -0.3 is 10.8 Å². The molecule has 2 atom stereocenters. The molecule has 0 aliphatic carbocycles. The van der Waals surface area contributed by atoms with Crippen LogP contribution in [0.25, 0.3) is 0 Å². The monoisotopic (exact) mass is 235 g/mol. The number of rotatable bonds is 8. The van der Waals surface area contributed by atoms with Gasteiger partial charge in [-0.05, 0) is 18.4 Å². The van der Waals surface area contributed by atoms with Crippen molar-refractivity contribution in [2.75, 3.05) is 0 Å². The summed E-state index contributed by atoms with van der Waals surface area (Å²) in [5.41, 5.74) is 7.22.